The van der Waals surface area contributed by atoms with E-state index >= 15 is 0 Å². The SMILES string of the molecule is Cl.Cl.FC(F)[C@@H](c1cc(Br)cc(Br)c1)N1CCNCC1. The van der Waals surface area contributed by atoms with Crippen LogP contribution in [0.5, 0.6) is 0 Å². The molecular formula is C12H16Br2Cl2F2N2. The summed E-state index contributed by atoms with van der Waals surface area (Å²) >= 11 is 6.70. The van der Waals surface area contributed by atoms with Crippen molar-refractivity contribution in [3.63, 3.8) is 0 Å². The van der Waals surface area contributed by atoms with Crippen LogP contribution in [0.2, 0.25) is 0 Å². The molecule has 0 spiro atoms. The number of benzene rings is 1. The van der Waals surface area contributed by atoms with Crippen LogP contribution in [0.1, 0.15) is 11.6 Å². The van der Waals surface area contributed by atoms with Gasteiger partial charge in [-0.05, 0) is 23.8 Å². The molecule has 1 heterocycles. The molecule has 0 bridgehead atoms. The molecule has 2 rings (SSSR count). The monoisotopic (exact) mass is 454 g/mol. The van der Waals surface area contributed by atoms with E-state index < -0.39 is 12.5 Å². The standard InChI is InChI=1S/C12H14Br2F2N2.2ClH/c13-9-5-8(6-10(14)7-9)11(12(15)16)18-3-1-17-2-4-18;;/h5-7,11-12,17H,1-4H2;2*1H/t11-;;/m1../s1. The fraction of sp³-hybridized carbons (Fsp3) is 0.500. The van der Waals surface area contributed by atoms with Gasteiger partial charge in [-0.2, -0.15) is 0 Å². The molecule has 0 amide bonds. The minimum Gasteiger partial charge on any atom is -0.314 e. The van der Waals surface area contributed by atoms with Crippen molar-refractivity contribution >= 4 is 56.7 Å². The summed E-state index contributed by atoms with van der Waals surface area (Å²) in [7, 11) is 0. The highest BCUT2D eigenvalue weighted by molar-refractivity contribution is 9.11. The molecule has 1 N–H and O–H groups in total. The van der Waals surface area contributed by atoms with E-state index in [2.05, 4.69) is 37.2 Å². The van der Waals surface area contributed by atoms with Crippen LogP contribution in [0.4, 0.5) is 8.78 Å². The summed E-state index contributed by atoms with van der Waals surface area (Å²) in [6.45, 7) is 2.83. The van der Waals surface area contributed by atoms with Gasteiger partial charge >= 0.3 is 0 Å². The van der Waals surface area contributed by atoms with Gasteiger partial charge in [-0.15, -0.1) is 24.8 Å². The lowest BCUT2D eigenvalue weighted by atomic mass is 10.1. The van der Waals surface area contributed by atoms with Crippen LogP contribution in [0.25, 0.3) is 0 Å². The van der Waals surface area contributed by atoms with Gasteiger partial charge in [0.05, 0.1) is 6.04 Å². The zero-order valence-corrected chi connectivity index (χ0v) is 15.3. The zero-order valence-electron chi connectivity index (χ0n) is 10.5. The van der Waals surface area contributed by atoms with Crippen LogP contribution < -0.4 is 5.32 Å². The smallest absolute Gasteiger partial charge is 0.258 e. The van der Waals surface area contributed by atoms with E-state index in [1.165, 1.54) is 0 Å². The molecule has 1 aliphatic rings. The molecule has 116 valence electrons. The fourth-order valence-corrected chi connectivity index (χ4v) is 3.55. The highest BCUT2D eigenvalue weighted by Crippen LogP contribution is 2.31. The maximum Gasteiger partial charge on any atom is 0.258 e. The Hall–Kier alpha value is 0.540. The van der Waals surface area contributed by atoms with Crippen molar-refractivity contribution in [1.82, 2.24) is 10.2 Å². The topological polar surface area (TPSA) is 15.3 Å². The molecule has 1 fully saturated rings. The molecule has 0 aromatic heterocycles. The summed E-state index contributed by atoms with van der Waals surface area (Å²) in [6, 6.07) is 4.55. The Morgan fingerprint density at radius 1 is 1.00 bits per heavy atom. The maximum absolute atomic E-state index is 13.3. The molecule has 1 aromatic carbocycles. The summed E-state index contributed by atoms with van der Waals surface area (Å²) in [5, 5.41) is 3.18. The van der Waals surface area contributed by atoms with Crippen molar-refractivity contribution in [2.24, 2.45) is 0 Å². The first-order valence-electron chi connectivity index (χ1n) is 5.77. The molecule has 8 heteroatoms. The highest BCUT2D eigenvalue weighted by Gasteiger charge is 2.30. The van der Waals surface area contributed by atoms with E-state index in [0.29, 0.717) is 18.7 Å². The Bertz CT molecular complexity index is 398. The van der Waals surface area contributed by atoms with Crippen molar-refractivity contribution in [1.29, 1.82) is 0 Å². The van der Waals surface area contributed by atoms with E-state index in [1.54, 1.807) is 12.1 Å². The molecule has 1 aromatic rings. The number of nitrogens with one attached hydrogen (secondary N) is 1. The summed E-state index contributed by atoms with van der Waals surface area (Å²) in [6.07, 6.45) is -2.38. The van der Waals surface area contributed by atoms with Crippen molar-refractivity contribution in [2.75, 3.05) is 26.2 Å². The van der Waals surface area contributed by atoms with E-state index in [4.69, 9.17) is 0 Å². The molecule has 0 aliphatic carbocycles. The molecule has 0 saturated carbocycles. The first-order valence-corrected chi connectivity index (χ1v) is 7.35. The van der Waals surface area contributed by atoms with Gasteiger partial charge in [-0.3, -0.25) is 4.90 Å². The van der Waals surface area contributed by atoms with Crippen LogP contribution in [0, 0.1) is 0 Å². The number of hydrogen-bond acceptors (Lipinski definition) is 2. The Morgan fingerprint density at radius 2 is 1.50 bits per heavy atom. The number of hydrogen-bond donors (Lipinski definition) is 1. The molecular weight excluding hydrogens is 441 g/mol. The van der Waals surface area contributed by atoms with Crippen LogP contribution >= 0.6 is 56.7 Å². The summed E-state index contributed by atoms with van der Waals surface area (Å²) in [4.78, 5) is 1.84. The molecule has 1 aliphatic heterocycles. The largest absolute Gasteiger partial charge is 0.314 e. The second-order valence-electron chi connectivity index (χ2n) is 4.27. The maximum atomic E-state index is 13.3. The number of rotatable bonds is 3. The molecule has 0 radical (unpaired) electrons. The van der Waals surface area contributed by atoms with Crippen molar-refractivity contribution in [2.45, 2.75) is 12.5 Å². The van der Waals surface area contributed by atoms with Gasteiger partial charge in [0.1, 0.15) is 0 Å². The minimum absolute atomic E-state index is 0. The number of alkyl halides is 2. The summed E-state index contributed by atoms with van der Waals surface area (Å²) in [5.41, 5.74) is 0.646. The third-order valence-corrected chi connectivity index (χ3v) is 3.93. The quantitative estimate of drug-likeness (QED) is 0.730. The molecule has 2 nitrogen and oxygen atoms in total. The third kappa shape index (κ3) is 5.39. The number of nitrogens with zero attached hydrogens (tertiary/aromatic N) is 1. The second kappa shape index (κ2) is 9.54. The zero-order chi connectivity index (χ0) is 13.1. The molecule has 0 unspecified atom stereocenters. The lowest BCUT2D eigenvalue weighted by Gasteiger charge is -2.34. The summed E-state index contributed by atoms with van der Waals surface area (Å²) < 4.78 is 28.3. The Labute approximate surface area is 146 Å². The fourth-order valence-electron chi connectivity index (χ4n) is 2.22. The summed E-state index contributed by atoms with van der Waals surface area (Å²) in [5.74, 6) is 0. The van der Waals surface area contributed by atoms with Crippen molar-refractivity contribution < 1.29 is 8.78 Å². The lowest BCUT2D eigenvalue weighted by molar-refractivity contribution is 0.0181. The van der Waals surface area contributed by atoms with Gasteiger partial charge in [-0.25, -0.2) is 8.78 Å². The molecule has 20 heavy (non-hydrogen) atoms. The Balaban J connectivity index is 0.00000180. The van der Waals surface area contributed by atoms with Gasteiger partial charge in [0.2, 0.25) is 0 Å². The number of piperazine rings is 1. The minimum atomic E-state index is -2.38. The average molecular weight is 457 g/mol. The average Bonchev–Trinajstić information content (AvgIpc) is 2.28. The Morgan fingerprint density at radius 3 is 1.95 bits per heavy atom. The van der Waals surface area contributed by atoms with Crippen LogP contribution in [0.3, 0.4) is 0 Å². The first kappa shape index (κ1) is 20.5. The predicted octanol–water partition coefficient (Wildman–Crippen LogP) is 4.27. The van der Waals surface area contributed by atoms with Crippen LogP contribution in [0.15, 0.2) is 27.1 Å². The van der Waals surface area contributed by atoms with Crippen molar-refractivity contribution in [3.8, 4) is 0 Å². The normalized spacial score (nSPS) is 17.2. The van der Waals surface area contributed by atoms with Gasteiger partial charge in [-0.1, -0.05) is 31.9 Å². The van der Waals surface area contributed by atoms with Gasteiger partial charge in [0.15, 0.2) is 0 Å². The lowest BCUT2D eigenvalue weighted by Crippen LogP contribution is -2.46. The molecule has 1 atom stereocenters. The van der Waals surface area contributed by atoms with Crippen LogP contribution in [-0.2, 0) is 0 Å². The van der Waals surface area contributed by atoms with E-state index in [0.717, 1.165) is 22.0 Å². The Kier molecular flexibility index (Phi) is 9.79. The van der Waals surface area contributed by atoms with E-state index in [9.17, 15) is 8.78 Å². The van der Waals surface area contributed by atoms with E-state index in [-0.39, 0.29) is 24.8 Å². The van der Waals surface area contributed by atoms with E-state index in [1.807, 2.05) is 11.0 Å². The van der Waals surface area contributed by atoms with Crippen LogP contribution in [-0.4, -0.2) is 37.5 Å². The third-order valence-electron chi connectivity index (χ3n) is 3.01. The highest BCUT2D eigenvalue weighted by atomic mass is 79.9. The second-order valence-corrected chi connectivity index (χ2v) is 6.10. The first-order chi connectivity index (χ1) is 8.58. The molecule has 1 saturated heterocycles. The van der Waals surface area contributed by atoms with Crippen molar-refractivity contribution in [3.05, 3.63) is 32.7 Å². The predicted molar refractivity (Wildman–Crippen MR) is 89.5 cm³/mol. The van der Waals surface area contributed by atoms with Gasteiger partial charge < -0.3 is 5.32 Å². The van der Waals surface area contributed by atoms with Gasteiger partial charge in [0.25, 0.3) is 6.43 Å². The number of halogens is 6. The van der Waals surface area contributed by atoms with Gasteiger partial charge in [0, 0.05) is 35.1 Å².